The SMILES string of the molecule is C=C(C(=O)NCCCCN1CCc2cc(Br)ccc2C1)n1ccc2cc(C)ccc21. The predicted octanol–water partition coefficient (Wildman–Crippen LogP) is 5.14. The number of unbranched alkanes of at least 4 members (excludes halogenated alkanes) is 1. The summed E-state index contributed by atoms with van der Waals surface area (Å²) < 4.78 is 3.03. The van der Waals surface area contributed by atoms with Gasteiger partial charge in [-0.25, -0.2) is 0 Å². The molecule has 0 saturated heterocycles. The van der Waals surface area contributed by atoms with Gasteiger partial charge in [0.05, 0.1) is 5.52 Å². The number of fused-ring (bicyclic) bond motifs is 2. The van der Waals surface area contributed by atoms with Crippen molar-refractivity contribution in [3.8, 4) is 0 Å². The summed E-state index contributed by atoms with van der Waals surface area (Å²) in [5.74, 6) is -0.106. The molecule has 0 bridgehead atoms. The smallest absolute Gasteiger partial charge is 0.267 e. The number of nitrogens with one attached hydrogen (secondary N) is 1. The van der Waals surface area contributed by atoms with Gasteiger partial charge in [0.2, 0.25) is 0 Å². The molecule has 1 aliphatic rings. The Balaban J connectivity index is 1.21. The molecule has 2 heterocycles. The summed E-state index contributed by atoms with van der Waals surface area (Å²) >= 11 is 3.56. The summed E-state index contributed by atoms with van der Waals surface area (Å²) in [5.41, 5.74) is 5.58. The fourth-order valence-electron chi connectivity index (χ4n) is 4.14. The molecule has 1 N–H and O–H groups in total. The van der Waals surface area contributed by atoms with Crippen LogP contribution in [0.15, 0.2) is 59.7 Å². The van der Waals surface area contributed by atoms with Crippen molar-refractivity contribution in [2.24, 2.45) is 0 Å². The molecule has 1 aromatic heterocycles. The van der Waals surface area contributed by atoms with Crippen LogP contribution < -0.4 is 5.32 Å². The van der Waals surface area contributed by atoms with Gasteiger partial charge in [-0.3, -0.25) is 9.69 Å². The molecule has 0 atom stereocenters. The Bertz CT molecular complexity index is 1090. The normalized spacial score (nSPS) is 13.9. The third kappa shape index (κ3) is 4.68. The molecule has 0 unspecified atom stereocenters. The Morgan fingerprint density at radius 3 is 2.87 bits per heavy atom. The lowest BCUT2D eigenvalue weighted by Gasteiger charge is -2.28. The Morgan fingerprint density at radius 2 is 2.00 bits per heavy atom. The van der Waals surface area contributed by atoms with Crippen molar-refractivity contribution in [2.45, 2.75) is 32.7 Å². The van der Waals surface area contributed by atoms with Crippen molar-refractivity contribution in [3.63, 3.8) is 0 Å². The summed E-state index contributed by atoms with van der Waals surface area (Å²) in [7, 11) is 0. The highest BCUT2D eigenvalue weighted by Crippen LogP contribution is 2.23. The zero-order valence-electron chi connectivity index (χ0n) is 17.5. The Labute approximate surface area is 186 Å². The van der Waals surface area contributed by atoms with E-state index in [2.05, 4.69) is 70.0 Å². The molecule has 156 valence electrons. The van der Waals surface area contributed by atoms with E-state index in [1.807, 2.05) is 22.9 Å². The van der Waals surface area contributed by atoms with Crippen LogP contribution in [0.25, 0.3) is 16.6 Å². The number of hydrogen-bond donors (Lipinski definition) is 1. The van der Waals surface area contributed by atoms with Crippen molar-refractivity contribution in [1.82, 2.24) is 14.8 Å². The second-order valence-corrected chi connectivity index (χ2v) is 9.01. The standard InChI is InChI=1S/C25H28BrN3O/c1-18-5-8-24-21(15-18)10-14-29(24)19(2)25(30)27-11-3-4-12-28-13-9-20-16-23(26)7-6-22(20)17-28/h5-8,10,14-16H,2-4,9,11-13,17H2,1H3,(H,27,30). The minimum Gasteiger partial charge on any atom is -0.351 e. The first-order chi connectivity index (χ1) is 14.5. The highest BCUT2D eigenvalue weighted by atomic mass is 79.9. The van der Waals surface area contributed by atoms with Gasteiger partial charge in [0, 0.05) is 35.7 Å². The van der Waals surface area contributed by atoms with Crippen molar-refractivity contribution in [2.75, 3.05) is 19.6 Å². The fraction of sp³-hybridized carbons (Fsp3) is 0.320. The van der Waals surface area contributed by atoms with Gasteiger partial charge >= 0.3 is 0 Å². The number of aromatic nitrogens is 1. The van der Waals surface area contributed by atoms with Gasteiger partial charge in [-0.05, 0) is 74.2 Å². The molecule has 4 rings (SSSR count). The zero-order valence-corrected chi connectivity index (χ0v) is 19.0. The monoisotopic (exact) mass is 465 g/mol. The number of carbonyl (C=O) groups is 1. The lowest BCUT2D eigenvalue weighted by Crippen LogP contribution is -2.32. The van der Waals surface area contributed by atoms with Gasteiger partial charge in [-0.2, -0.15) is 0 Å². The molecule has 0 aliphatic carbocycles. The van der Waals surface area contributed by atoms with E-state index in [0.717, 1.165) is 54.3 Å². The van der Waals surface area contributed by atoms with E-state index >= 15 is 0 Å². The van der Waals surface area contributed by atoms with E-state index in [1.54, 1.807) is 0 Å². The topological polar surface area (TPSA) is 37.3 Å². The van der Waals surface area contributed by atoms with E-state index < -0.39 is 0 Å². The number of rotatable bonds is 7. The van der Waals surface area contributed by atoms with Crippen molar-refractivity contribution in [1.29, 1.82) is 0 Å². The molecular weight excluding hydrogens is 438 g/mol. The van der Waals surface area contributed by atoms with Crippen LogP contribution in [-0.4, -0.2) is 35.0 Å². The fourth-order valence-corrected chi connectivity index (χ4v) is 4.55. The third-order valence-electron chi connectivity index (χ3n) is 5.84. The molecule has 30 heavy (non-hydrogen) atoms. The number of amides is 1. The highest BCUT2D eigenvalue weighted by Gasteiger charge is 2.16. The third-order valence-corrected chi connectivity index (χ3v) is 6.34. The molecule has 5 heteroatoms. The number of benzene rings is 2. The van der Waals surface area contributed by atoms with E-state index in [4.69, 9.17) is 0 Å². The Morgan fingerprint density at radius 1 is 1.13 bits per heavy atom. The number of nitrogens with zero attached hydrogens (tertiary/aromatic N) is 2. The quantitative estimate of drug-likeness (QED) is 0.387. The van der Waals surface area contributed by atoms with E-state index in [9.17, 15) is 4.79 Å². The van der Waals surface area contributed by atoms with Crippen LogP contribution in [-0.2, 0) is 17.8 Å². The highest BCUT2D eigenvalue weighted by molar-refractivity contribution is 9.10. The van der Waals surface area contributed by atoms with Gasteiger partial charge in [0.25, 0.3) is 5.91 Å². The van der Waals surface area contributed by atoms with E-state index in [1.165, 1.54) is 16.7 Å². The number of halogens is 1. The largest absolute Gasteiger partial charge is 0.351 e. The summed E-state index contributed by atoms with van der Waals surface area (Å²) in [4.78, 5) is 15.0. The second kappa shape index (κ2) is 9.19. The maximum Gasteiger partial charge on any atom is 0.267 e. The van der Waals surface area contributed by atoms with Crippen molar-refractivity contribution < 1.29 is 4.79 Å². The molecular formula is C25H28BrN3O. The Hall–Kier alpha value is -2.37. The molecule has 1 amide bonds. The number of hydrogen-bond acceptors (Lipinski definition) is 2. The first-order valence-corrected chi connectivity index (χ1v) is 11.4. The molecule has 1 aliphatic heterocycles. The summed E-state index contributed by atoms with van der Waals surface area (Å²) in [5, 5.41) is 4.15. The molecule has 0 spiro atoms. The average molecular weight is 466 g/mol. The maximum absolute atomic E-state index is 12.5. The average Bonchev–Trinajstić information content (AvgIpc) is 3.15. The van der Waals surface area contributed by atoms with Crippen LogP contribution in [0.3, 0.4) is 0 Å². The lowest BCUT2D eigenvalue weighted by molar-refractivity contribution is -0.115. The van der Waals surface area contributed by atoms with E-state index in [0.29, 0.717) is 12.2 Å². The van der Waals surface area contributed by atoms with Gasteiger partial charge in [0.15, 0.2) is 0 Å². The summed E-state index contributed by atoms with van der Waals surface area (Å²) in [6.45, 7) is 9.94. The van der Waals surface area contributed by atoms with Crippen LogP contribution in [0.5, 0.6) is 0 Å². The van der Waals surface area contributed by atoms with Crippen LogP contribution >= 0.6 is 15.9 Å². The molecule has 0 radical (unpaired) electrons. The summed E-state index contributed by atoms with van der Waals surface area (Å²) in [6.07, 6.45) is 5.06. The first kappa shape index (κ1) is 20.9. The van der Waals surface area contributed by atoms with Crippen LogP contribution in [0.2, 0.25) is 0 Å². The maximum atomic E-state index is 12.5. The number of carbonyl (C=O) groups excluding carboxylic acids is 1. The van der Waals surface area contributed by atoms with Crippen LogP contribution in [0.4, 0.5) is 0 Å². The lowest BCUT2D eigenvalue weighted by atomic mass is 10.00. The Kier molecular flexibility index (Phi) is 6.40. The van der Waals surface area contributed by atoms with Crippen LogP contribution in [0, 0.1) is 6.92 Å². The van der Waals surface area contributed by atoms with Crippen LogP contribution in [0.1, 0.15) is 29.5 Å². The van der Waals surface area contributed by atoms with Gasteiger partial charge in [-0.15, -0.1) is 0 Å². The van der Waals surface area contributed by atoms with Crippen molar-refractivity contribution >= 4 is 38.4 Å². The molecule has 2 aromatic carbocycles. The van der Waals surface area contributed by atoms with E-state index in [-0.39, 0.29) is 5.91 Å². The molecule has 4 nitrogen and oxygen atoms in total. The second-order valence-electron chi connectivity index (χ2n) is 8.10. The van der Waals surface area contributed by atoms with Gasteiger partial charge < -0.3 is 9.88 Å². The zero-order chi connectivity index (χ0) is 21.1. The van der Waals surface area contributed by atoms with Gasteiger partial charge in [-0.1, -0.05) is 40.2 Å². The van der Waals surface area contributed by atoms with Crippen molar-refractivity contribution in [3.05, 3.63) is 76.4 Å². The summed E-state index contributed by atoms with van der Waals surface area (Å²) in [6, 6.07) is 14.8. The first-order valence-electron chi connectivity index (χ1n) is 10.6. The molecule has 3 aromatic rings. The van der Waals surface area contributed by atoms with Gasteiger partial charge in [0.1, 0.15) is 5.70 Å². The number of aryl methyl sites for hydroxylation is 1. The molecule has 0 fully saturated rings. The minimum absolute atomic E-state index is 0.106. The predicted molar refractivity (Wildman–Crippen MR) is 127 cm³/mol. The minimum atomic E-state index is -0.106. The molecule has 0 saturated carbocycles.